The predicted octanol–water partition coefficient (Wildman–Crippen LogP) is 4.50. The highest BCUT2D eigenvalue weighted by molar-refractivity contribution is 5.35. The van der Waals surface area contributed by atoms with E-state index < -0.39 is 0 Å². The molecule has 0 saturated heterocycles. The van der Waals surface area contributed by atoms with Crippen molar-refractivity contribution < 1.29 is 4.52 Å². The average molecular weight is 353 g/mol. The van der Waals surface area contributed by atoms with Crippen molar-refractivity contribution in [1.82, 2.24) is 14.5 Å². The second kappa shape index (κ2) is 6.98. The Balaban J connectivity index is 2.02. The first-order valence-corrected chi connectivity index (χ1v) is 9.13. The molecule has 0 aliphatic rings. The summed E-state index contributed by atoms with van der Waals surface area (Å²) >= 11 is 0. The topological polar surface area (TPSA) is 53.0 Å². The lowest BCUT2D eigenvalue weighted by Crippen LogP contribution is -2.22. The number of para-hydroxylation sites is 1. The van der Waals surface area contributed by atoms with Gasteiger partial charge in [0, 0.05) is 30.3 Å². The van der Waals surface area contributed by atoms with Gasteiger partial charge in [0.1, 0.15) is 5.76 Å². The van der Waals surface area contributed by atoms with Crippen LogP contribution in [0.1, 0.15) is 68.2 Å². The maximum atomic E-state index is 13.2. The van der Waals surface area contributed by atoms with Crippen LogP contribution in [0.5, 0.6) is 0 Å². The van der Waals surface area contributed by atoms with Crippen molar-refractivity contribution in [3.8, 4) is 5.69 Å². The highest BCUT2D eigenvalue weighted by atomic mass is 16.5. The van der Waals surface area contributed by atoms with E-state index in [4.69, 9.17) is 4.52 Å². The summed E-state index contributed by atoms with van der Waals surface area (Å²) in [5.41, 5.74) is 3.65. The van der Waals surface area contributed by atoms with Gasteiger partial charge in [0.2, 0.25) is 0 Å². The minimum absolute atomic E-state index is 0.0200. The zero-order valence-corrected chi connectivity index (χ0v) is 16.4. The zero-order valence-electron chi connectivity index (χ0n) is 16.4. The summed E-state index contributed by atoms with van der Waals surface area (Å²) in [5.74, 6) is 1.23. The molecule has 5 heteroatoms. The molecule has 2 atom stereocenters. The van der Waals surface area contributed by atoms with Gasteiger partial charge in [-0.05, 0) is 30.9 Å². The molecule has 138 valence electrons. The van der Waals surface area contributed by atoms with E-state index >= 15 is 0 Å². The first-order valence-electron chi connectivity index (χ1n) is 9.13. The lowest BCUT2D eigenvalue weighted by molar-refractivity contribution is 0.347. The summed E-state index contributed by atoms with van der Waals surface area (Å²) < 4.78 is 9.22. The van der Waals surface area contributed by atoms with Gasteiger partial charge in [-0.25, -0.2) is 4.68 Å². The molecule has 5 nitrogen and oxygen atoms in total. The molecule has 0 aliphatic heterocycles. The molecule has 3 aromatic rings. The van der Waals surface area contributed by atoms with Crippen LogP contribution >= 0.6 is 0 Å². The van der Waals surface area contributed by atoms with Crippen LogP contribution in [0.4, 0.5) is 0 Å². The number of nitrogens with zero attached hydrogens (tertiary/aromatic N) is 3. The molecule has 2 aromatic heterocycles. The van der Waals surface area contributed by atoms with E-state index in [1.807, 2.05) is 55.1 Å². The Morgan fingerprint density at radius 1 is 1.04 bits per heavy atom. The lowest BCUT2D eigenvalue weighted by Gasteiger charge is -2.16. The van der Waals surface area contributed by atoms with Gasteiger partial charge in [-0.3, -0.25) is 9.48 Å². The monoisotopic (exact) mass is 353 g/mol. The second-order valence-electron chi connectivity index (χ2n) is 7.36. The molecule has 2 unspecified atom stereocenters. The molecular weight excluding hydrogens is 326 g/mol. The van der Waals surface area contributed by atoms with Gasteiger partial charge in [-0.2, -0.15) is 0 Å². The molecule has 0 bridgehead atoms. The van der Waals surface area contributed by atoms with E-state index in [2.05, 4.69) is 32.9 Å². The molecule has 0 spiro atoms. The number of aromatic nitrogens is 3. The largest absolute Gasteiger partial charge is 0.361 e. The third-order valence-corrected chi connectivity index (χ3v) is 5.39. The van der Waals surface area contributed by atoms with Gasteiger partial charge in [-0.15, -0.1) is 0 Å². The van der Waals surface area contributed by atoms with Crippen LogP contribution in [-0.4, -0.2) is 14.5 Å². The summed E-state index contributed by atoms with van der Waals surface area (Å²) in [7, 11) is 1.93. The summed E-state index contributed by atoms with van der Waals surface area (Å²) in [5, 5.41) is 4.16. The summed E-state index contributed by atoms with van der Waals surface area (Å²) in [6.45, 7) is 10.4. The van der Waals surface area contributed by atoms with Crippen molar-refractivity contribution in [2.45, 2.75) is 52.4 Å². The third-order valence-electron chi connectivity index (χ3n) is 5.39. The van der Waals surface area contributed by atoms with Gasteiger partial charge in [-0.1, -0.05) is 51.1 Å². The van der Waals surface area contributed by atoms with Crippen LogP contribution in [0.15, 0.2) is 45.7 Å². The van der Waals surface area contributed by atoms with E-state index in [0.29, 0.717) is 5.92 Å². The fourth-order valence-corrected chi connectivity index (χ4v) is 3.40. The standard InChI is InChI=1S/C21H27N3O2/c1-13(2)18-12-19(26-22-18)14(3)15(4)20-16(5)23(6)24(21(20)25)17-10-8-7-9-11-17/h7-15H,1-6H3. The SMILES string of the molecule is Cc1c(C(C)C(C)c2cc(C(C)C)no2)c(=O)n(-c2ccccc2)n1C. The molecule has 0 saturated carbocycles. The van der Waals surface area contributed by atoms with Gasteiger partial charge in [0.15, 0.2) is 0 Å². The Hall–Kier alpha value is -2.56. The fraction of sp³-hybridized carbons (Fsp3) is 0.429. The van der Waals surface area contributed by atoms with Crippen molar-refractivity contribution in [3.05, 3.63) is 69.5 Å². The molecule has 0 amide bonds. The van der Waals surface area contributed by atoms with Gasteiger partial charge < -0.3 is 4.52 Å². The van der Waals surface area contributed by atoms with Crippen LogP contribution in [0.25, 0.3) is 5.69 Å². The highest BCUT2D eigenvalue weighted by Gasteiger charge is 2.28. The molecule has 0 fully saturated rings. The van der Waals surface area contributed by atoms with Crippen LogP contribution < -0.4 is 5.56 Å². The Kier molecular flexibility index (Phi) is 4.90. The summed E-state index contributed by atoms with van der Waals surface area (Å²) in [6.07, 6.45) is 0. The van der Waals surface area contributed by atoms with Crippen molar-refractivity contribution in [2.24, 2.45) is 7.05 Å². The van der Waals surface area contributed by atoms with Crippen molar-refractivity contribution in [1.29, 1.82) is 0 Å². The summed E-state index contributed by atoms with van der Waals surface area (Å²) in [4.78, 5) is 13.2. The molecule has 0 N–H and O–H groups in total. The predicted molar refractivity (Wildman–Crippen MR) is 103 cm³/mol. The van der Waals surface area contributed by atoms with Gasteiger partial charge in [0.25, 0.3) is 5.56 Å². The smallest absolute Gasteiger partial charge is 0.275 e. The van der Waals surface area contributed by atoms with Crippen LogP contribution in [0, 0.1) is 6.92 Å². The van der Waals surface area contributed by atoms with Gasteiger partial charge >= 0.3 is 0 Å². The van der Waals surface area contributed by atoms with E-state index in [1.54, 1.807) is 4.68 Å². The molecule has 26 heavy (non-hydrogen) atoms. The Morgan fingerprint density at radius 2 is 1.69 bits per heavy atom. The summed E-state index contributed by atoms with van der Waals surface area (Å²) in [6, 6.07) is 11.7. The lowest BCUT2D eigenvalue weighted by atomic mass is 9.87. The fourth-order valence-electron chi connectivity index (χ4n) is 3.40. The molecule has 0 aliphatic carbocycles. The van der Waals surface area contributed by atoms with E-state index in [9.17, 15) is 4.79 Å². The molecule has 1 aromatic carbocycles. The number of hydrogen-bond donors (Lipinski definition) is 0. The number of benzene rings is 1. The quantitative estimate of drug-likeness (QED) is 0.678. The molecule has 0 radical (unpaired) electrons. The maximum Gasteiger partial charge on any atom is 0.275 e. The minimum atomic E-state index is 0.0200. The van der Waals surface area contributed by atoms with Crippen LogP contribution in [0.2, 0.25) is 0 Å². The second-order valence-corrected chi connectivity index (χ2v) is 7.36. The zero-order chi connectivity index (χ0) is 19.0. The molecular formula is C21H27N3O2. The van der Waals surface area contributed by atoms with Crippen molar-refractivity contribution in [3.63, 3.8) is 0 Å². The normalized spacial score (nSPS) is 14.0. The van der Waals surface area contributed by atoms with Gasteiger partial charge in [0.05, 0.1) is 11.4 Å². The first-order chi connectivity index (χ1) is 12.3. The number of hydrogen-bond acceptors (Lipinski definition) is 3. The molecule has 2 heterocycles. The van der Waals surface area contributed by atoms with Crippen LogP contribution in [-0.2, 0) is 7.05 Å². The first kappa shape index (κ1) is 18.2. The van der Waals surface area contributed by atoms with Crippen LogP contribution in [0.3, 0.4) is 0 Å². The van der Waals surface area contributed by atoms with Crippen molar-refractivity contribution in [2.75, 3.05) is 0 Å². The number of rotatable bonds is 5. The highest BCUT2D eigenvalue weighted by Crippen LogP contribution is 2.33. The molecule has 3 rings (SSSR count). The Morgan fingerprint density at radius 3 is 2.27 bits per heavy atom. The van der Waals surface area contributed by atoms with E-state index in [-0.39, 0.29) is 17.4 Å². The third kappa shape index (κ3) is 3.02. The van der Waals surface area contributed by atoms with E-state index in [0.717, 1.165) is 28.4 Å². The van der Waals surface area contributed by atoms with E-state index in [1.165, 1.54) is 0 Å². The maximum absolute atomic E-state index is 13.2. The Labute approximate surface area is 154 Å². The van der Waals surface area contributed by atoms with Crippen molar-refractivity contribution >= 4 is 0 Å². The minimum Gasteiger partial charge on any atom is -0.361 e. The Bertz CT molecular complexity index is 948. The average Bonchev–Trinajstić information content (AvgIpc) is 3.19.